The molecule has 0 spiro atoms. The standard InChI is InChI=1S/C15H21NO3/c1-10(11-3-4-11)16(2)8-13(17)12-5-6-14-15(7-12)19-9-18-14/h5-7,10-11,13,17H,3-4,8-9H2,1-2H3. The first kappa shape index (κ1) is 12.8. The average molecular weight is 263 g/mol. The van der Waals surface area contributed by atoms with Gasteiger partial charge in [-0.15, -0.1) is 0 Å². The summed E-state index contributed by atoms with van der Waals surface area (Å²) in [7, 11) is 2.08. The molecule has 0 bridgehead atoms. The van der Waals surface area contributed by atoms with Crippen LogP contribution in [0.3, 0.4) is 0 Å². The lowest BCUT2D eigenvalue weighted by atomic mass is 10.1. The molecule has 0 amide bonds. The smallest absolute Gasteiger partial charge is 0.231 e. The molecule has 1 aliphatic heterocycles. The number of nitrogens with zero attached hydrogens (tertiary/aromatic N) is 1. The van der Waals surface area contributed by atoms with Crippen molar-refractivity contribution in [3.05, 3.63) is 23.8 Å². The summed E-state index contributed by atoms with van der Waals surface area (Å²) in [5.74, 6) is 2.30. The molecule has 1 N–H and O–H groups in total. The number of aliphatic hydroxyl groups is 1. The van der Waals surface area contributed by atoms with Gasteiger partial charge in [-0.3, -0.25) is 0 Å². The highest BCUT2D eigenvalue weighted by Gasteiger charge is 2.31. The molecule has 104 valence electrons. The molecule has 1 saturated carbocycles. The summed E-state index contributed by atoms with van der Waals surface area (Å²) in [5.41, 5.74) is 0.888. The topological polar surface area (TPSA) is 41.9 Å². The Bertz CT molecular complexity index is 459. The second-order valence-electron chi connectivity index (χ2n) is 5.65. The van der Waals surface area contributed by atoms with Crippen LogP contribution in [0, 0.1) is 5.92 Å². The summed E-state index contributed by atoms with van der Waals surface area (Å²) in [6.45, 7) is 3.16. The molecule has 1 aliphatic carbocycles. The van der Waals surface area contributed by atoms with E-state index >= 15 is 0 Å². The molecule has 1 heterocycles. The second kappa shape index (κ2) is 5.02. The lowest BCUT2D eigenvalue weighted by molar-refractivity contribution is 0.102. The van der Waals surface area contributed by atoms with Crippen LogP contribution >= 0.6 is 0 Å². The van der Waals surface area contributed by atoms with E-state index < -0.39 is 6.10 Å². The minimum absolute atomic E-state index is 0.271. The predicted octanol–water partition coefficient (Wildman–Crippen LogP) is 2.18. The molecule has 0 saturated heterocycles. The number of hydrogen-bond acceptors (Lipinski definition) is 4. The third-order valence-electron chi connectivity index (χ3n) is 4.24. The number of fused-ring (bicyclic) bond motifs is 1. The summed E-state index contributed by atoms with van der Waals surface area (Å²) < 4.78 is 10.6. The molecule has 0 aromatic heterocycles. The zero-order chi connectivity index (χ0) is 13.4. The van der Waals surface area contributed by atoms with E-state index in [4.69, 9.17) is 9.47 Å². The van der Waals surface area contributed by atoms with Crippen LogP contribution in [0.1, 0.15) is 31.4 Å². The van der Waals surface area contributed by atoms with Crippen LogP contribution in [-0.2, 0) is 0 Å². The van der Waals surface area contributed by atoms with Crippen LogP contribution < -0.4 is 9.47 Å². The van der Waals surface area contributed by atoms with Gasteiger partial charge in [0.1, 0.15) is 0 Å². The van der Waals surface area contributed by atoms with E-state index in [2.05, 4.69) is 18.9 Å². The fourth-order valence-corrected chi connectivity index (χ4v) is 2.60. The van der Waals surface area contributed by atoms with Crippen LogP contribution in [0.5, 0.6) is 11.5 Å². The van der Waals surface area contributed by atoms with E-state index in [1.165, 1.54) is 12.8 Å². The maximum atomic E-state index is 10.3. The molecule has 1 aromatic carbocycles. The van der Waals surface area contributed by atoms with E-state index in [1.807, 2.05) is 18.2 Å². The van der Waals surface area contributed by atoms with E-state index in [-0.39, 0.29) is 6.79 Å². The lowest BCUT2D eigenvalue weighted by Crippen LogP contribution is -2.34. The number of hydrogen-bond donors (Lipinski definition) is 1. The van der Waals surface area contributed by atoms with Gasteiger partial charge in [-0.2, -0.15) is 0 Å². The molecule has 4 heteroatoms. The van der Waals surface area contributed by atoms with Gasteiger partial charge in [0.25, 0.3) is 0 Å². The third kappa shape index (κ3) is 2.69. The molecular weight excluding hydrogens is 242 g/mol. The molecule has 2 aliphatic rings. The fraction of sp³-hybridized carbons (Fsp3) is 0.600. The van der Waals surface area contributed by atoms with Gasteiger partial charge in [-0.05, 0) is 50.4 Å². The van der Waals surface area contributed by atoms with Crippen molar-refractivity contribution < 1.29 is 14.6 Å². The molecule has 2 unspecified atom stereocenters. The van der Waals surface area contributed by atoms with Crippen molar-refractivity contribution >= 4 is 0 Å². The van der Waals surface area contributed by atoms with Gasteiger partial charge in [-0.25, -0.2) is 0 Å². The summed E-state index contributed by atoms with van der Waals surface area (Å²) in [5, 5.41) is 10.3. The Morgan fingerprint density at radius 2 is 2.05 bits per heavy atom. The molecule has 2 atom stereocenters. The largest absolute Gasteiger partial charge is 0.454 e. The summed E-state index contributed by atoms with van der Waals surface area (Å²) in [4.78, 5) is 2.24. The van der Waals surface area contributed by atoms with Crippen LogP contribution in [-0.4, -0.2) is 36.4 Å². The number of rotatable bonds is 5. The Hall–Kier alpha value is -1.26. The molecule has 1 aromatic rings. The van der Waals surface area contributed by atoms with Gasteiger partial charge in [-0.1, -0.05) is 6.07 Å². The first-order valence-electron chi connectivity index (χ1n) is 6.93. The van der Waals surface area contributed by atoms with Gasteiger partial charge in [0.2, 0.25) is 6.79 Å². The van der Waals surface area contributed by atoms with Gasteiger partial charge in [0.15, 0.2) is 11.5 Å². The minimum Gasteiger partial charge on any atom is -0.454 e. The number of ether oxygens (including phenoxy) is 2. The molecule has 0 radical (unpaired) electrons. The highest BCUT2D eigenvalue weighted by Crippen LogP contribution is 2.36. The predicted molar refractivity (Wildman–Crippen MR) is 72.3 cm³/mol. The molecule has 4 nitrogen and oxygen atoms in total. The molecular formula is C15H21NO3. The van der Waals surface area contributed by atoms with Gasteiger partial charge >= 0.3 is 0 Å². The van der Waals surface area contributed by atoms with Crippen molar-refractivity contribution in [3.8, 4) is 11.5 Å². The van der Waals surface area contributed by atoms with Crippen molar-refractivity contribution in [2.75, 3.05) is 20.4 Å². The normalized spacial score (nSPS) is 20.6. The van der Waals surface area contributed by atoms with Gasteiger partial charge in [0, 0.05) is 12.6 Å². The highest BCUT2D eigenvalue weighted by molar-refractivity contribution is 5.45. The van der Waals surface area contributed by atoms with Crippen molar-refractivity contribution in [2.45, 2.75) is 31.9 Å². The van der Waals surface area contributed by atoms with Crippen LogP contribution in [0.2, 0.25) is 0 Å². The van der Waals surface area contributed by atoms with Crippen molar-refractivity contribution in [1.82, 2.24) is 4.90 Å². The van der Waals surface area contributed by atoms with Crippen LogP contribution in [0.15, 0.2) is 18.2 Å². The van der Waals surface area contributed by atoms with E-state index in [9.17, 15) is 5.11 Å². The summed E-state index contributed by atoms with van der Waals surface area (Å²) in [6, 6.07) is 6.20. The Balaban J connectivity index is 1.64. The second-order valence-corrected chi connectivity index (χ2v) is 5.65. The van der Waals surface area contributed by atoms with Crippen molar-refractivity contribution in [2.24, 2.45) is 5.92 Å². The Morgan fingerprint density at radius 1 is 1.32 bits per heavy atom. The lowest BCUT2D eigenvalue weighted by Gasteiger charge is -2.27. The fourth-order valence-electron chi connectivity index (χ4n) is 2.60. The molecule has 3 rings (SSSR count). The van der Waals surface area contributed by atoms with E-state index in [1.54, 1.807) is 0 Å². The minimum atomic E-state index is -0.485. The quantitative estimate of drug-likeness (QED) is 0.884. The van der Waals surface area contributed by atoms with Crippen molar-refractivity contribution in [1.29, 1.82) is 0 Å². The zero-order valence-electron chi connectivity index (χ0n) is 11.5. The highest BCUT2D eigenvalue weighted by atomic mass is 16.7. The first-order valence-corrected chi connectivity index (χ1v) is 6.93. The Morgan fingerprint density at radius 3 is 2.79 bits per heavy atom. The van der Waals surface area contributed by atoms with Gasteiger partial charge in [0.05, 0.1) is 6.10 Å². The first-order chi connectivity index (χ1) is 9.15. The van der Waals surface area contributed by atoms with Crippen LogP contribution in [0.4, 0.5) is 0 Å². The number of aliphatic hydroxyl groups excluding tert-OH is 1. The third-order valence-corrected chi connectivity index (χ3v) is 4.24. The molecule has 19 heavy (non-hydrogen) atoms. The van der Waals surface area contributed by atoms with Gasteiger partial charge < -0.3 is 19.5 Å². The van der Waals surface area contributed by atoms with Crippen molar-refractivity contribution in [3.63, 3.8) is 0 Å². The maximum Gasteiger partial charge on any atom is 0.231 e. The summed E-state index contributed by atoms with van der Waals surface area (Å²) >= 11 is 0. The zero-order valence-corrected chi connectivity index (χ0v) is 11.5. The van der Waals surface area contributed by atoms with E-state index in [0.29, 0.717) is 12.6 Å². The summed E-state index contributed by atoms with van der Waals surface area (Å²) in [6.07, 6.45) is 2.16. The molecule has 1 fully saturated rings. The SMILES string of the molecule is CC(C1CC1)N(C)CC(O)c1ccc2c(c1)OCO2. The van der Waals surface area contributed by atoms with Crippen LogP contribution in [0.25, 0.3) is 0 Å². The number of benzene rings is 1. The number of likely N-dealkylation sites (N-methyl/N-ethyl adjacent to an activating group) is 1. The maximum absolute atomic E-state index is 10.3. The monoisotopic (exact) mass is 263 g/mol. The Labute approximate surface area is 113 Å². The Kier molecular flexibility index (Phi) is 3.37. The van der Waals surface area contributed by atoms with E-state index in [0.717, 1.165) is 23.0 Å². The average Bonchev–Trinajstić information content (AvgIpc) is 3.15.